The van der Waals surface area contributed by atoms with Crippen molar-refractivity contribution >= 4 is 17.6 Å². The van der Waals surface area contributed by atoms with E-state index < -0.39 is 6.09 Å². The van der Waals surface area contributed by atoms with Crippen molar-refractivity contribution in [3.05, 3.63) is 42.0 Å². The molecule has 1 aromatic rings. The van der Waals surface area contributed by atoms with Crippen LogP contribution in [0.4, 0.5) is 10.5 Å². The predicted octanol–water partition coefficient (Wildman–Crippen LogP) is 2.94. The lowest BCUT2D eigenvalue weighted by atomic mass is 9.90. The quantitative estimate of drug-likeness (QED) is 0.833. The minimum Gasteiger partial charge on any atom is -0.445 e. The van der Waals surface area contributed by atoms with Gasteiger partial charge in [-0.3, -0.25) is 10.1 Å². The molecule has 0 saturated carbocycles. The summed E-state index contributed by atoms with van der Waals surface area (Å²) in [5, 5.41) is 2.62. The number of fused-ring (bicyclic) bond motifs is 1. The first-order valence-electron chi connectivity index (χ1n) is 5.91. The summed E-state index contributed by atoms with van der Waals surface area (Å²) in [6.07, 6.45) is 3.35. The van der Waals surface area contributed by atoms with Gasteiger partial charge in [0.15, 0.2) is 5.78 Å². The van der Waals surface area contributed by atoms with Crippen molar-refractivity contribution in [1.82, 2.24) is 0 Å². The third-order valence-electron chi connectivity index (χ3n) is 2.83. The summed E-state index contributed by atoms with van der Waals surface area (Å²) < 4.78 is 4.83. The molecule has 0 atom stereocenters. The van der Waals surface area contributed by atoms with E-state index in [1.807, 2.05) is 6.07 Å². The first-order valence-corrected chi connectivity index (χ1v) is 5.91. The molecule has 0 aromatic heterocycles. The van der Waals surface area contributed by atoms with Crippen molar-refractivity contribution in [2.24, 2.45) is 0 Å². The van der Waals surface area contributed by atoms with Crippen LogP contribution in [0.5, 0.6) is 0 Å². The van der Waals surface area contributed by atoms with Crippen LogP contribution in [0.2, 0.25) is 0 Å². The number of ketones is 1. The van der Waals surface area contributed by atoms with E-state index in [0.29, 0.717) is 12.1 Å². The summed E-state index contributed by atoms with van der Waals surface area (Å²) in [6, 6.07) is 5.32. The van der Waals surface area contributed by atoms with E-state index in [-0.39, 0.29) is 12.4 Å². The number of benzene rings is 1. The molecule has 1 amide bonds. The number of hydrogen-bond acceptors (Lipinski definition) is 3. The smallest absolute Gasteiger partial charge is 0.411 e. The van der Waals surface area contributed by atoms with E-state index in [9.17, 15) is 9.59 Å². The number of Topliss-reactive ketones (excluding diaryl/α,β-unsaturated/α-hetero) is 1. The summed E-state index contributed by atoms with van der Waals surface area (Å²) >= 11 is 0. The van der Waals surface area contributed by atoms with Gasteiger partial charge in [-0.1, -0.05) is 12.7 Å². The van der Waals surface area contributed by atoms with Crippen LogP contribution in [0.15, 0.2) is 30.9 Å². The van der Waals surface area contributed by atoms with Gasteiger partial charge in [0.05, 0.1) is 0 Å². The maximum absolute atomic E-state index is 11.6. The van der Waals surface area contributed by atoms with Gasteiger partial charge in [0.25, 0.3) is 0 Å². The van der Waals surface area contributed by atoms with E-state index in [0.717, 1.165) is 24.0 Å². The highest BCUT2D eigenvalue weighted by Gasteiger charge is 2.17. The normalized spacial score (nSPS) is 13.7. The number of carbonyl (C=O) groups excluding carboxylic acids is 2. The molecule has 0 bridgehead atoms. The summed E-state index contributed by atoms with van der Waals surface area (Å²) in [5.41, 5.74) is 2.41. The van der Waals surface area contributed by atoms with Gasteiger partial charge in [-0.15, -0.1) is 0 Å². The maximum Gasteiger partial charge on any atom is 0.411 e. The summed E-state index contributed by atoms with van der Waals surface area (Å²) in [7, 11) is 0. The average molecular weight is 245 g/mol. The van der Waals surface area contributed by atoms with Crippen molar-refractivity contribution < 1.29 is 14.3 Å². The molecule has 2 rings (SSSR count). The monoisotopic (exact) mass is 245 g/mol. The molecule has 0 saturated heterocycles. The number of rotatable bonds is 3. The zero-order valence-electron chi connectivity index (χ0n) is 10.1. The Kier molecular flexibility index (Phi) is 3.77. The Morgan fingerprint density at radius 3 is 3.06 bits per heavy atom. The lowest BCUT2D eigenvalue weighted by Crippen LogP contribution is -2.15. The molecule has 0 heterocycles. The van der Waals surface area contributed by atoms with Crippen LogP contribution in [0, 0.1) is 0 Å². The topological polar surface area (TPSA) is 55.4 Å². The van der Waals surface area contributed by atoms with Crippen LogP contribution in [-0.2, 0) is 11.2 Å². The third-order valence-corrected chi connectivity index (χ3v) is 2.83. The number of hydrogen-bond donors (Lipinski definition) is 1. The highest BCUT2D eigenvalue weighted by molar-refractivity contribution is 5.99. The molecular formula is C14H15NO3. The molecule has 0 fully saturated rings. The number of ether oxygens (including phenoxy) is 1. The van der Waals surface area contributed by atoms with Crippen LogP contribution in [0.25, 0.3) is 0 Å². The molecule has 1 aromatic carbocycles. The zero-order valence-corrected chi connectivity index (χ0v) is 10.1. The minimum absolute atomic E-state index is 0.176. The van der Waals surface area contributed by atoms with Crippen molar-refractivity contribution in [2.75, 3.05) is 11.9 Å². The Morgan fingerprint density at radius 1 is 1.44 bits per heavy atom. The predicted molar refractivity (Wildman–Crippen MR) is 68.9 cm³/mol. The SMILES string of the molecule is C=CCOC(=O)Nc1ccc2c(c1)CCCC2=O. The summed E-state index contributed by atoms with van der Waals surface area (Å²) in [4.78, 5) is 23.0. The third kappa shape index (κ3) is 2.77. The summed E-state index contributed by atoms with van der Waals surface area (Å²) in [6.45, 7) is 3.64. The van der Waals surface area contributed by atoms with Crippen LogP contribution in [0.3, 0.4) is 0 Å². The van der Waals surface area contributed by atoms with Gasteiger partial charge in [0, 0.05) is 17.7 Å². The van der Waals surface area contributed by atoms with Crippen LogP contribution < -0.4 is 5.32 Å². The second-order valence-corrected chi connectivity index (χ2v) is 4.16. The van der Waals surface area contributed by atoms with Crippen molar-refractivity contribution in [3.63, 3.8) is 0 Å². The van der Waals surface area contributed by atoms with E-state index in [1.165, 1.54) is 6.08 Å². The van der Waals surface area contributed by atoms with Crippen molar-refractivity contribution in [2.45, 2.75) is 19.3 Å². The van der Waals surface area contributed by atoms with Crippen LogP contribution >= 0.6 is 0 Å². The zero-order chi connectivity index (χ0) is 13.0. The van der Waals surface area contributed by atoms with Gasteiger partial charge in [-0.2, -0.15) is 0 Å². The molecule has 1 aliphatic rings. The molecule has 0 radical (unpaired) electrons. The first-order chi connectivity index (χ1) is 8.70. The molecule has 4 nitrogen and oxygen atoms in total. The molecule has 4 heteroatoms. The van der Waals surface area contributed by atoms with Crippen LogP contribution in [-0.4, -0.2) is 18.5 Å². The van der Waals surface area contributed by atoms with Crippen molar-refractivity contribution in [1.29, 1.82) is 0 Å². The lowest BCUT2D eigenvalue weighted by Gasteiger charge is -2.15. The molecule has 94 valence electrons. The molecule has 18 heavy (non-hydrogen) atoms. The Hall–Kier alpha value is -2.10. The lowest BCUT2D eigenvalue weighted by molar-refractivity contribution is 0.0972. The molecule has 1 aliphatic carbocycles. The average Bonchev–Trinajstić information content (AvgIpc) is 2.36. The van der Waals surface area contributed by atoms with Gasteiger partial charge in [-0.25, -0.2) is 4.79 Å². The molecule has 1 N–H and O–H groups in total. The largest absolute Gasteiger partial charge is 0.445 e. The summed E-state index contributed by atoms with van der Waals surface area (Å²) in [5.74, 6) is 0.178. The van der Waals surface area contributed by atoms with Gasteiger partial charge in [0.1, 0.15) is 6.61 Å². The Balaban J connectivity index is 2.09. The highest BCUT2D eigenvalue weighted by atomic mass is 16.5. The fourth-order valence-corrected chi connectivity index (χ4v) is 2.01. The fourth-order valence-electron chi connectivity index (χ4n) is 2.01. The number of amides is 1. The standard InChI is InChI=1S/C14H15NO3/c1-2-8-18-14(17)15-11-6-7-12-10(9-11)4-3-5-13(12)16/h2,6-7,9H,1,3-5,8H2,(H,15,17). The van der Waals surface area contributed by atoms with E-state index >= 15 is 0 Å². The number of carbonyl (C=O) groups is 2. The fraction of sp³-hybridized carbons (Fsp3) is 0.286. The molecule has 0 aliphatic heterocycles. The van der Waals surface area contributed by atoms with Gasteiger partial charge in [0.2, 0.25) is 0 Å². The molecule has 0 spiro atoms. The Labute approximate surface area is 106 Å². The number of aryl methyl sites for hydroxylation is 1. The van der Waals surface area contributed by atoms with Gasteiger partial charge >= 0.3 is 6.09 Å². The van der Waals surface area contributed by atoms with Gasteiger partial charge < -0.3 is 4.74 Å². The van der Waals surface area contributed by atoms with E-state index in [4.69, 9.17) is 4.74 Å². The van der Waals surface area contributed by atoms with E-state index in [2.05, 4.69) is 11.9 Å². The number of anilines is 1. The van der Waals surface area contributed by atoms with E-state index in [1.54, 1.807) is 12.1 Å². The molecule has 0 unspecified atom stereocenters. The molecular weight excluding hydrogens is 230 g/mol. The van der Waals surface area contributed by atoms with Crippen molar-refractivity contribution in [3.8, 4) is 0 Å². The second-order valence-electron chi connectivity index (χ2n) is 4.16. The second kappa shape index (κ2) is 5.49. The number of nitrogens with one attached hydrogen (secondary N) is 1. The Morgan fingerprint density at radius 2 is 2.28 bits per heavy atom. The highest BCUT2D eigenvalue weighted by Crippen LogP contribution is 2.24. The maximum atomic E-state index is 11.6. The first kappa shape index (κ1) is 12.4. The van der Waals surface area contributed by atoms with Gasteiger partial charge in [-0.05, 0) is 36.6 Å². The Bertz CT molecular complexity index is 494. The minimum atomic E-state index is -0.517. The van der Waals surface area contributed by atoms with Crippen LogP contribution in [0.1, 0.15) is 28.8 Å².